The van der Waals surface area contributed by atoms with Crippen LogP contribution in [-0.2, 0) is 20.8 Å². The van der Waals surface area contributed by atoms with E-state index < -0.39 is 11.2 Å². The van der Waals surface area contributed by atoms with Gasteiger partial charge in [0.15, 0.2) is 0 Å². The molecule has 254 valence electrons. The van der Waals surface area contributed by atoms with Crippen molar-refractivity contribution in [3.8, 4) is 0 Å². The molecular weight excluding hydrogens is 635 g/mol. The number of esters is 1. The predicted molar refractivity (Wildman–Crippen MR) is 189 cm³/mol. The van der Waals surface area contributed by atoms with Crippen LogP contribution in [0.25, 0.3) is 17.0 Å². The molecule has 0 saturated carbocycles. The SMILES string of the molecule is CC(C)(C)OC(=O)CN1CCC(c2nn(Cc3ccc(Cl)c(Cl)c3)c3cc(C=CC4CCN(C(=O)OC(C)(C)C)CC4)ccc23)CC1. The summed E-state index contributed by atoms with van der Waals surface area (Å²) in [5.41, 5.74) is 3.34. The summed E-state index contributed by atoms with van der Waals surface area (Å²) in [7, 11) is 0. The number of rotatable bonds is 7. The smallest absolute Gasteiger partial charge is 0.410 e. The monoisotopic (exact) mass is 682 g/mol. The molecule has 10 heteroatoms. The van der Waals surface area contributed by atoms with Gasteiger partial charge in [0.25, 0.3) is 0 Å². The molecule has 8 nitrogen and oxygen atoms in total. The molecule has 2 aliphatic heterocycles. The first kappa shape index (κ1) is 35.2. The van der Waals surface area contributed by atoms with Crippen molar-refractivity contribution in [1.82, 2.24) is 19.6 Å². The lowest BCUT2D eigenvalue weighted by Gasteiger charge is -2.32. The molecule has 0 bridgehead atoms. The standard InChI is InChI=1S/C37H48Cl2N4O4/c1-36(2,3)46-33(44)24-41-17-15-28(16-18-41)34-29-11-9-26(8-7-25-13-19-42(20-14-25)35(45)47-37(4,5)6)22-32(29)43(40-34)23-27-10-12-30(38)31(39)21-27/h7-12,21-22,25,28H,13-20,23-24H2,1-6H3. The molecule has 1 amide bonds. The molecule has 5 rings (SSSR count). The van der Waals surface area contributed by atoms with Crippen LogP contribution in [0.5, 0.6) is 0 Å². The summed E-state index contributed by atoms with van der Waals surface area (Å²) in [5, 5.41) is 7.40. The minimum absolute atomic E-state index is 0.179. The molecule has 0 aliphatic carbocycles. The first-order chi connectivity index (χ1) is 22.1. The van der Waals surface area contributed by atoms with Gasteiger partial charge in [0.1, 0.15) is 11.2 Å². The molecule has 0 unspecified atom stereocenters. The maximum atomic E-state index is 12.5. The molecule has 0 radical (unpaired) electrons. The predicted octanol–water partition coefficient (Wildman–Crippen LogP) is 8.57. The average Bonchev–Trinajstić information content (AvgIpc) is 3.34. The van der Waals surface area contributed by atoms with Crippen LogP contribution in [0.4, 0.5) is 4.79 Å². The summed E-state index contributed by atoms with van der Waals surface area (Å²) in [5.74, 6) is 0.507. The van der Waals surface area contributed by atoms with Crippen molar-refractivity contribution in [2.45, 2.75) is 90.9 Å². The van der Waals surface area contributed by atoms with Crippen molar-refractivity contribution in [3.05, 3.63) is 69.3 Å². The molecule has 2 aromatic carbocycles. The normalized spacial score (nSPS) is 17.5. The summed E-state index contributed by atoms with van der Waals surface area (Å²) in [6.45, 7) is 15.3. The lowest BCUT2D eigenvalue weighted by molar-refractivity contribution is -0.156. The van der Waals surface area contributed by atoms with Gasteiger partial charge < -0.3 is 14.4 Å². The maximum absolute atomic E-state index is 12.5. The number of carbonyl (C=O) groups is 2. The third kappa shape index (κ3) is 9.74. The summed E-state index contributed by atoms with van der Waals surface area (Å²) < 4.78 is 13.2. The van der Waals surface area contributed by atoms with Crippen LogP contribution in [0.2, 0.25) is 10.0 Å². The third-order valence-electron chi connectivity index (χ3n) is 8.62. The largest absolute Gasteiger partial charge is 0.459 e. The summed E-state index contributed by atoms with van der Waals surface area (Å²) in [6, 6.07) is 12.3. The molecule has 3 heterocycles. The molecule has 2 fully saturated rings. The Morgan fingerprint density at radius 3 is 2.19 bits per heavy atom. The van der Waals surface area contributed by atoms with E-state index in [1.807, 2.05) is 64.6 Å². The van der Waals surface area contributed by atoms with Crippen LogP contribution in [0, 0.1) is 5.92 Å². The molecule has 47 heavy (non-hydrogen) atoms. The number of nitrogens with zero attached hydrogens (tertiary/aromatic N) is 4. The van der Waals surface area contributed by atoms with Gasteiger partial charge in [0.2, 0.25) is 0 Å². The van der Waals surface area contributed by atoms with Crippen LogP contribution < -0.4 is 0 Å². The van der Waals surface area contributed by atoms with Gasteiger partial charge in [0, 0.05) is 24.4 Å². The van der Waals surface area contributed by atoms with Gasteiger partial charge in [-0.05, 0) is 116 Å². The van der Waals surface area contributed by atoms with Gasteiger partial charge in [-0.15, -0.1) is 0 Å². The van der Waals surface area contributed by atoms with E-state index in [4.69, 9.17) is 37.8 Å². The van der Waals surface area contributed by atoms with Crippen LogP contribution >= 0.6 is 23.2 Å². The zero-order valence-electron chi connectivity index (χ0n) is 28.5. The van der Waals surface area contributed by atoms with E-state index >= 15 is 0 Å². The molecule has 2 saturated heterocycles. The summed E-state index contributed by atoms with van der Waals surface area (Å²) in [4.78, 5) is 28.9. The number of fused-ring (bicyclic) bond motifs is 1. The number of amides is 1. The minimum Gasteiger partial charge on any atom is -0.459 e. The Balaban J connectivity index is 1.31. The minimum atomic E-state index is -0.488. The van der Waals surface area contributed by atoms with E-state index in [0.29, 0.717) is 48.1 Å². The lowest BCUT2D eigenvalue weighted by Crippen LogP contribution is -2.41. The Bertz CT molecular complexity index is 1600. The quantitative estimate of drug-likeness (QED) is 0.232. The Labute approximate surface area is 289 Å². The zero-order chi connectivity index (χ0) is 33.9. The Hall–Kier alpha value is -3.07. The van der Waals surface area contributed by atoms with Crippen LogP contribution in [0.1, 0.15) is 90.0 Å². The van der Waals surface area contributed by atoms with E-state index in [9.17, 15) is 9.59 Å². The van der Waals surface area contributed by atoms with Gasteiger partial charge in [0.05, 0.1) is 34.3 Å². The van der Waals surface area contributed by atoms with Crippen molar-refractivity contribution in [2.75, 3.05) is 32.7 Å². The van der Waals surface area contributed by atoms with Crippen molar-refractivity contribution in [3.63, 3.8) is 0 Å². The van der Waals surface area contributed by atoms with E-state index in [1.165, 1.54) is 0 Å². The molecule has 3 aromatic rings. The number of halogens is 2. The number of benzene rings is 2. The van der Waals surface area contributed by atoms with Crippen LogP contribution in [-0.4, -0.2) is 75.6 Å². The maximum Gasteiger partial charge on any atom is 0.410 e. The molecule has 0 spiro atoms. The summed E-state index contributed by atoms with van der Waals surface area (Å²) >= 11 is 12.6. The fourth-order valence-corrected chi connectivity index (χ4v) is 6.64. The fourth-order valence-electron chi connectivity index (χ4n) is 6.32. The molecule has 0 N–H and O–H groups in total. The second-order valence-corrected chi connectivity index (χ2v) is 15.7. The highest BCUT2D eigenvalue weighted by Gasteiger charge is 2.28. The summed E-state index contributed by atoms with van der Waals surface area (Å²) in [6.07, 6.45) is 7.89. The number of ether oxygens (including phenoxy) is 2. The van der Waals surface area contributed by atoms with Crippen LogP contribution in [0.15, 0.2) is 42.5 Å². The van der Waals surface area contributed by atoms with Crippen LogP contribution in [0.3, 0.4) is 0 Å². The fraction of sp³-hybridized carbons (Fsp3) is 0.541. The van der Waals surface area contributed by atoms with Gasteiger partial charge >= 0.3 is 12.1 Å². The number of allylic oxidation sites excluding steroid dienone is 1. The highest BCUT2D eigenvalue weighted by Crippen LogP contribution is 2.34. The number of hydrogen-bond acceptors (Lipinski definition) is 6. The highest BCUT2D eigenvalue weighted by molar-refractivity contribution is 6.42. The second kappa shape index (κ2) is 14.6. The van der Waals surface area contributed by atoms with E-state index in [0.717, 1.165) is 66.5 Å². The van der Waals surface area contributed by atoms with E-state index in [2.05, 4.69) is 39.9 Å². The average molecular weight is 684 g/mol. The van der Waals surface area contributed by atoms with Crippen molar-refractivity contribution in [1.29, 1.82) is 0 Å². The van der Waals surface area contributed by atoms with E-state index in [-0.39, 0.29) is 12.1 Å². The first-order valence-corrected chi connectivity index (χ1v) is 17.4. The number of hydrogen-bond donors (Lipinski definition) is 0. The van der Waals surface area contributed by atoms with Crippen molar-refractivity contribution < 1.29 is 19.1 Å². The number of carbonyl (C=O) groups excluding carboxylic acids is 2. The third-order valence-corrected chi connectivity index (χ3v) is 9.36. The number of piperidine rings is 2. The first-order valence-electron chi connectivity index (χ1n) is 16.7. The number of aromatic nitrogens is 2. The Morgan fingerprint density at radius 1 is 0.872 bits per heavy atom. The highest BCUT2D eigenvalue weighted by atomic mass is 35.5. The molecule has 0 atom stereocenters. The topological polar surface area (TPSA) is 76.9 Å². The zero-order valence-corrected chi connectivity index (χ0v) is 30.0. The lowest BCUT2D eigenvalue weighted by atomic mass is 9.91. The molecule has 2 aliphatic rings. The molecular formula is C37H48Cl2N4O4. The van der Waals surface area contributed by atoms with Gasteiger partial charge in [-0.2, -0.15) is 5.10 Å². The van der Waals surface area contributed by atoms with Crippen molar-refractivity contribution >= 4 is 52.2 Å². The molecule has 1 aromatic heterocycles. The van der Waals surface area contributed by atoms with Gasteiger partial charge in [-0.3, -0.25) is 14.4 Å². The Kier molecular flexibility index (Phi) is 10.9. The van der Waals surface area contributed by atoms with E-state index in [1.54, 1.807) is 0 Å². The van der Waals surface area contributed by atoms with Gasteiger partial charge in [-0.1, -0.05) is 53.6 Å². The second-order valence-electron chi connectivity index (χ2n) is 14.9. The van der Waals surface area contributed by atoms with Crippen molar-refractivity contribution in [2.24, 2.45) is 5.92 Å². The number of likely N-dealkylation sites (tertiary alicyclic amines) is 2. The Morgan fingerprint density at radius 2 is 1.55 bits per heavy atom. The van der Waals surface area contributed by atoms with Gasteiger partial charge in [-0.25, -0.2) is 4.79 Å².